The molecule has 0 amide bonds. The zero-order chi connectivity index (χ0) is 17.4. The third-order valence-electron chi connectivity index (χ3n) is 3.38. The molecule has 0 bridgehead atoms. The Balaban J connectivity index is -0.000000145. The van der Waals surface area contributed by atoms with Gasteiger partial charge in [-0.3, -0.25) is 0 Å². The molecule has 0 saturated carbocycles. The molecule has 2 rings (SSSR count). The monoisotopic (exact) mass is 791 g/mol. The number of halogens is 2. The summed E-state index contributed by atoms with van der Waals surface area (Å²) in [5.41, 5.74) is 5.96. The number of benzene rings is 2. The number of aryl methyl sites for hydroxylation is 4. The summed E-state index contributed by atoms with van der Waals surface area (Å²) in [4.78, 5) is 0. The van der Waals surface area contributed by atoms with E-state index in [1.807, 2.05) is 47.6 Å². The van der Waals surface area contributed by atoms with Crippen molar-refractivity contribution in [1.29, 1.82) is 0 Å². The maximum Gasteiger partial charge on any atom is 0.0116 e. The molecule has 3 radical (unpaired) electrons. The fourth-order valence-corrected chi connectivity index (χ4v) is 1.87. The largest absolute Gasteiger partial charge is 0.534 e. The molecule has 25 heavy (non-hydrogen) atoms. The molecule has 0 fully saturated rings. The first kappa shape index (κ1) is 35.3. The van der Waals surface area contributed by atoms with Crippen LogP contribution in [0.4, 0.5) is 0 Å². The number of hydrogen-bond acceptors (Lipinski definition) is 2. The van der Waals surface area contributed by atoms with E-state index in [9.17, 15) is 10.2 Å². The van der Waals surface area contributed by atoms with Crippen LogP contribution in [0.2, 0.25) is 0 Å². The minimum atomic E-state index is 0. The average molecular weight is 791 g/mol. The molecule has 0 spiro atoms. The van der Waals surface area contributed by atoms with Crippen LogP contribution in [0.5, 0.6) is 11.5 Å². The van der Waals surface area contributed by atoms with Crippen LogP contribution in [-0.4, -0.2) is 10.2 Å². The summed E-state index contributed by atoms with van der Waals surface area (Å²) < 4.78 is 0. The van der Waals surface area contributed by atoms with Crippen molar-refractivity contribution in [2.24, 2.45) is 0 Å². The van der Waals surface area contributed by atoms with E-state index in [0.29, 0.717) is 5.75 Å². The molecule has 0 aliphatic rings. The van der Waals surface area contributed by atoms with E-state index in [1.165, 1.54) is 0 Å². The predicted octanol–water partition coefficient (Wildman–Crippen LogP) is 6.00. The maximum atomic E-state index is 9.26. The smallest absolute Gasteiger partial charge is 0.0116 e. The van der Waals surface area contributed by atoms with Crippen LogP contribution in [-0.2, 0) is 98.1 Å². The molecule has 2 nitrogen and oxygen atoms in total. The molecule has 0 aliphatic carbocycles. The van der Waals surface area contributed by atoms with E-state index >= 15 is 0 Å². The minimum absolute atomic E-state index is 0. The van der Waals surface area contributed by atoms with E-state index in [-0.39, 0.29) is 104 Å². The van der Waals surface area contributed by atoms with Crippen LogP contribution < -0.4 is 0 Å². The summed E-state index contributed by atoms with van der Waals surface area (Å²) in [6.07, 6.45) is 0. The first-order valence-corrected chi connectivity index (χ1v) is 13.0. The summed E-state index contributed by atoms with van der Waals surface area (Å²) >= 11 is 4.24. The van der Waals surface area contributed by atoms with Crippen LogP contribution >= 0.6 is 37.2 Å². The van der Waals surface area contributed by atoms with Crippen molar-refractivity contribution < 1.29 is 108 Å². The van der Waals surface area contributed by atoms with Crippen LogP contribution in [0.1, 0.15) is 33.4 Å². The Bertz CT molecular complexity index is 534. The van der Waals surface area contributed by atoms with Gasteiger partial charge in [-0.2, -0.15) is 34.4 Å². The molecule has 0 aromatic heterocycles. The van der Waals surface area contributed by atoms with Crippen molar-refractivity contribution in [3.63, 3.8) is 0 Å². The van der Waals surface area contributed by atoms with Crippen molar-refractivity contribution in [3.8, 4) is 11.5 Å². The van der Waals surface area contributed by atoms with Gasteiger partial charge in [-0.25, -0.2) is 0 Å². The van der Waals surface area contributed by atoms with Gasteiger partial charge in [0.15, 0.2) is 0 Å². The fourth-order valence-electron chi connectivity index (χ4n) is 1.87. The number of phenolic OH excluding ortho intramolecular Hbond substituents is 2. The first-order chi connectivity index (χ1) is 10.2. The Morgan fingerprint density at radius 1 is 0.720 bits per heavy atom. The molecule has 2 aromatic rings. The van der Waals surface area contributed by atoms with E-state index in [2.05, 4.69) is 49.4 Å². The van der Waals surface area contributed by atoms with E-state index in [4.69, 9.17) is 0 Å². The second kappa shape index (κ2) is 18.8. The molecule has 2 N–H and O–H groups in total. The molecular weight excluding hydrogens is 769 g/mol. The van der Waals surface area contributed by atoms with Crippen LogP contribution in [0.3, 0.4) is 0 Å². The normalized spacial score (nSPS) is 8.16. The molecule has 0 aliphatic heterocycles. The summed E-state index contributed by atoms with van der Waals surface area (Å²) in [5.74, 6) is 0.645. The topological polar surface area (TPSA) is 40.5 Å². The summed E-state index contributed by atoms with van der Waals surface area (Å²) in [5, 5.41) is 18.5. The summed E-state index contributed by atoms with van der Waals surface area (Å²) in [6.45, 7) is 11.6. The van der Waals surface area contributed by atoms with E-state index in [1.54, 1.807) is 6.07 Å². The predicted molar refractivity (Wildman–Crippen MR) is 110 cm³/mol. The molecule has 131 valence electrons. The van der Waals surface area contributed by atoms with Crippen molar-refractivity contribution in [1.82, 2.24) is 0 Å². The molecule has 0 unspecified atom stereocenters. The van der Waals surface area contributed by atoms with Crippen molar-refractivity contribution in [3.05, 3.63) is 57.6 Å². The van der Waals surface area contributed by atoms with Crippen molar-refractivity contribution in [2.45, 2.75) is 41.5 Å². The quantitative estimate of drug-likeness (QED) is 0.254. The van der Waals surface area contributed by atoms with Gasteiger partial charge >= 0.3 is 0 Å². The van der Waals surface area contributed by atoms with E-state index in [0.717, 1.165) is 33.4 Å². The molecule has 0 heterocycles. The Labute approximate surface area is 251 Å². The van der Waals surface area contributed by atoms with Gasteiger partial charge in [0, 0.05) is 147 Å². The molecular formula is C18H22I2O2Y3-2. The standard InChI is InChI=1S/2C9H11O.I2.3Y/c2*1-6-4-7(2)8(3)9(10)5-6;1-2;;;/h5,10H,1-3H3;4,10H,1-3H3;;;;/q2*-1;;;;. The molecule has 7 heteroatoms. The van der Waals surface area contributed by atoms with Crippen molar-refractivity contribution >= 4 is 37.2 Å². The van der Waals surface area contributed by atoms with Gasteiger partial charge in [0.1, 0.15) is 0 Å². The van der Waals surface area contributed by atoms with Gasteiger partial charge in [0.2, 0.25) is 0 Å². The molecule has 0 atom stereocenters. The third kappa shape index (κ3) is 13.6. The second-order valence-corrected chi connectivity index (χ2v) is 5.20. The van der Waals surface area contributed by atoms with Gasteiger partial charge in [0.05, 0.1) is 0 Å². The van der Waals surface area contributed by atoms with Crippen LogP contribution in [0.15, 0.2) is 12.1 Å². The Kier molecular flexibility index (Phi) is 26.5. The Morgan fingerprint density at radius 3 is 1.56 bits per heavy atom. The maximum absolute atomic E-state index is 9.26. The number of rotatable bonds is 0. The Morgan fingerprint density at radius 2 is 1.16 bits per heavy atom. The summed E-state index contributed by atoms with van der Waals surface area (Å²) in [7, 11) is 0. The number of phenols is 2. The van der Waals surface area contributed by atoms with Gasteiger partial charge in [-0.15, -0.1) is 23.3 Å². The molecule has 0 saturated heterocycles. The fraction of sp³-hybridized carbons (Fsp3) is 0.333. The van der Waals surface area contributed by atoms with Gasteiger partial charge < -0.3 is 10.2 Å². The van der Waals surface area contributed by atoms with E-state index < -0.39 is 0 Å². The third-order valence-corrected chi connectivity index (χ3v) is 3.38. The Hall–Kier alpha value is 2.81. The summed E-state index contributed by atoms with van der Waals surface area (Å²) in [6, 6.07) is 9.69. The minimum Gasteiger partial charge on any atom is -0.534 e. The molecule has 2 aromatic carbocycles. The zero-order valence-corrected chi connectivity index (χ0v) is 28.4. The average Bonchev–Trinajstić information content (AvgIpc) is 2.45. The SMILES string of the molecule is Cc1[c-]c(C)c(C)c(O)c1.Cc1[c-]c(O)c(C)c(C)c1.II.[Y].[Y].[Y]. The van der Waals surface area contributed by atoms with Gasteiger partial charge in [-0.1, -0.05) is 41.5 Å². The first-order valence-electron chi connectivity index (χ1n) is 6.74. The van der Waals surface area contributed by atoms with Crippen molar-refractivity contribution in [2.75, 3.05) is 0 Å². The second-order valence-electron chi connectivity index (χ2n) is 5.20. The van der Waals surface area contributed by atoms with Crippen LogP contribution in [0.25, 0.3) is 0 Å². The van der Waals surface area contributed by atoms with Crippen LogP contribution in [0, 0.1) is 53.7 Å². The van der Waals surface area contributed by atoms with Gasteiger partial charge in [-0.05, 0) is 0 Å². The number of hydrogen-bond donors (Lipinski definition) is 2. The van der Waals surface area contributed by atoms with Gasteiger partial charge in [0.25, 0.3) is 0 Å². The number of aromatic hydroxyl groups is 2. The zero-order valence-electron chi connectivity index (χ0n) is 15.5.